The van der Waals surface area contributed by atoms with Gasteiger partial charge in [-0.15, -0.1) is 0 Å². The van der Waals surface area contributed by atoms with E-state index in [9.17, 15) is 14.7 Å². The van der Waals surface area contributed by atoms with Gasteiger partial charge in [-0.25, -0.2) is 0 Å². The minimum atomic E-state index is -0.645. The minimum absolute atomic E-state index is 0.0293. The fourth-order valence-corrected chi connectivity index (χ4v) is 3.81. The molecule has 0 amide bonds. The largest absolute Gasteiger partial charge is 0.499 e. The maximum Gasteiger partial charge on any atom is 0.310 e. The highest BCUT2D eigenvalue weighted by atomic mass is 32.1. The highest BCUT2D eigenvalue weighted by Crippen LogP contribution is 2.36. The van der Waals surface area contributed by atoms with E-state index in [1.165, 1.54) is 0 Å². The average Bonchev–Trinajstić information content (AvgIpc) is 2.87. The van der Waals surface area contributed by atoms with Crippen LogP contribution in [0.5, 0.6) is 10.8 Å². The van der Waals surface area contributed by atoms with Crippen molar-refractivity contribution in [2.75, 3.05) is 12.4 Å². The molecule has 0 aliphatic carbocycles. The first kappa shape index (κ1) is 18.0. The number of nitrogens with one attached hydrogen (secondary N) is 2. The lowest BCUT2D eigenvalue weighted by molar-refractivity contribution is 0.414. The number of hydrogen-bond acceptors (Lipinski definition) is 7. The molecule has 0 saturated carbocycles. The van der Waals surface area contributed by atoms with Crippen molar-refractivity contribution < 1.29 is 9.84 Å². The summed E-state index contributed by atoms with van der Waals surface area (Å²) < 4.78 is 5.22. The molecule has 1 aromatic heterocycles. The molecule has 7 nitrogen and oxygen atoms in total. The van der Waals surface area contributed by atoms with Crippen molar-refractivity contribution in [1.82, 2.24) is 4.98 Å². The lowest BCUT2D eigenvalue weighted by Gasteiger charge is -2.19. The Labute approximate surface area is 164 Å². The first-order valence-electron chi connectivity index (χ1n) is 8.59. The van der Waals surface area contributed by atoms with Gasteiger partial charge in [0.1, 0.15) is 11.3 Å². The number of H-pyrrole nitrogens is 1. The summed E-state index contributed by atoms with van der Waals surface area (Å²) in [6.07, 6.45) is 0.350. The number of aliphatic imine (C=N–C) groups is 1. The molecule has 2 aromatic carbocycles. The average molecular weight is 395 g/mol. The summed E-state index contributed by atoms with van der Waals surface area (Å²) in [5.74, 6) is 0.744. The fourth-order valence-electron chi connectivity index (χ4n) is 3.18. The van der Waals surface area contributed by atoms with Crippen molar-refractivity contribution in [1.29, 1.82) is 0 Å². The Kier molecular flexibility index (Phi) is 4.70. The number of ether oxygens (including phenoxy) is 1. The van der Waals surface area contributed by atoms with Gasteiger partial charge >= 0.3 is 4.87 Å². The van der Waals surface area contributed by atoms with E-state index in [1.807, 2.05) is 48.5 Å². The number of hydrogen-bond donors (Lipinski definition) is 3. The Morgan fingerprint density at radius 2 is 1.89 bits per heavy atom. The normalized spacial score (nSPS) is 15.8. The van der Waals surface area contributed by atoms with Gasteiger partial charge in [0.2, 0.25) is 0 Å². The molecule has 0 radical (unpaired) electrons. The van der Waals surface area contributed by atoms with Gasteiger partial charge in [-0.3, -0.25) is 19.6 Å². The van der Waals surface area contributed by atoms with Crippen LogP contribution < -0.4 is 20.5 Å². The third kappa shape index (κ3) is 3.41. The summed E-state index contributed by atoms with van der Waals surface area (Å²) in [5.41, 5.74) is 2.25. The van der Waals surface area contributed by atoms with Gasteiger partial charge in [0, 0.05) is 6.42 Å². The van der Waals surface area contributed by atoms with Crippen LogP contribution in [0.1, 0.15) is 23.6 Å². The number of aromatic amines is 1. The summed E-state index contributed by atoms with van der Waals surface area (Å²) in [5, 5.41) is 13.4. The van der Waals surface area contributed by atoms with Crippen LogP contribution in [0.4, 0.5) is 11.4 Å². The van der Waals surface area contributed by atoms with Gasteiger partial charge in [0.15, 0.2) is 5.06 Å². The molecule has 0 saturated heterocycles. The summed E-state index contributed by atoms with van der Waals surface area (Å²) in [6, 6.07) is 14.9. The highest BCUT2D eigenvalue weighted by Gasteiger charge is 2.25. The number of aromatic nitrogens is 1. The summed E-state index contributed by atoms with van der Waals surface area (Å²) in [4.78, 5) is 30.1. The van der Waals surface area contributed by atoms with E-state index in [4.69, 9.17) is 4.74 Å². The number of nitrogens with zero attached hydrogens (tertiary/aromatic N) is 1. The van der Waals surface area contributed by atoms with Crippen LogP contribution in [-0.4, -0.2) is 22.9 Å². The third-order valence-corrected chi connectivity index (χ3v) is 5.22. The molecule has 4 rings (SSSR count). The van der Waals surface area contributed by atoms with E-state index in [0.29, 0.717) is 29.2 Å². The molecule has 3 aromatic rings. The molecule has 0 bridgehead atoms. The van der Waals surface area contributed by atoms with Crippen LogP contribution in [0, 0.1) is 0 Å². The zero-order valence-electron chi connectivity index (χ0n) is 14.9. The van der Waals surface area contributed by atoms with Crippen LogP contribution in [0.15, 0.2) is 63.1 Å². The smallest absolute Gasteiger partial charge is 0.310 e. The molecular formula is C20H17N3O4S. The van der Waals surface area contributed by atoms with Gasteiger partial charge in [-0.2, -0.15) is 0 Å². The Hall–Kier alpha value is -3.39. The third-order valence-electron chi connectivity index (χ3n) is 4.54. The Morgan fingerprint density at radius 3 is 2.61 bits per heavy atom. The second kappa shape index (κ2) is 7.32. The van der Waals surface area contributed by atoms with Crippen molar-refractivity contribution in [2.24, 2.45) is 4.99 Å². The predicted molar refractivity (Wildman–Crippen MR) is 109 cm³/mol. The minimum Gasteiger partial charge on any atom is -0.499 e. The van der Waals surface area contributed by atoms with E-state index in [-0.39, 0.29) is 16.7 Å². The molecule has 1 aliphatic rings. The molecule has 0 spiro atoms. The molecule has 0 unspecified atom stereocenters. The van der Waals surface area contributed by atoms with Crippen LogP contribution >= 0.6 is 11.3 Å². The number of benzene rings is 2. The molecule has 1 atom stereocenters. The number of fused-ring (bicyclic) bond motifs is 1. The maximum absolute atomic E-state index is 12.4. The standard InChI is InChI=1S/C20H17N3O4S/c1-27-12-8-6-11(7-9-12)15-10-16(17-18(24)23-20(26)28-19(17)25)22-14-5-3-2-4-13(14)21-15/h2-9,15,21,25H,10H2,1H3,(H,23,24,26)/t15-/m0/s1. The van der Waals surface area contributed by atoms with E-state index in [1.54, 1.807) is 7.11 Å². The number of anilines is 1. The van der Waals surface area contributed by atoms with Crippen molar-refractivity contribution in [3.63, 3.8) is 0 Å². The zero-order valence-corrected chi connectivity index (χ0v) is 15.7. The van der Waals surface area contributed by atoms with Crippen LogP contribution in [0.3, 0.4) is 0 Å². The molecule has 1 aliphatic heterocycles. The summed E-state index contributed by atoms with van der Waals surface area (Å²) in [6.45, 7) is 0. The molecule has 142 valence electrons. The first-order chi connectivity index (χ1) is 13.5. The predicted octanol–water partition coefficient (Wildman–Crippen LogP) is 3.19. The van der Waals surface area contributed by atoms with Gasteiger partial charge < -0.3 is 15.2 Å². The second-order valence-electron chi connectivity index (χ2n) is 6.27. The molecule has 3 N–H and O–H groups in total. The molecule has 28 heavy (non-hydrogen) atoms. The van der Waals surface area contributed by atoms with Gasteiger partial charge in [0.25, 0.3) is 5.56 Å². The van der Waals surface area contributed by atoms with E-state index < -0.39 is 10.4 Å². The number of para-hydroxylation sites is 2. The zero-order chi connectivity index (χ0) is 19.7. The van der Waals surface area contributed by atoms with Crippen molar-refractivity contribution in [3.05, 3.63) is 79.7 Å². The quantitative estimate of drug-likeness (QED) is 0.632. The van der Waals surface area contributed by atoms with Gasteiger partial charge in [-0.05, 0) is 41.2 Å². The van der Waals surface area contributed by atoms with Crippen molar-refractivity contribution in [2.45, 2.75) is 12.5 Å². The van der Waals surface area contributed by atoms with Crippen LogP contribution in [0.2, 0.25) is 0 Å². The number of rotatable bonds is 3. The Morgan fingerprint density at radius 1 is 1.14 bits per heavy atom. The SMILES string of the molecule is COc1ccc([C@@H]2CC(c3c(O)sc(=O)[nH]c3=O)=Nc3ccccc3N2)cc1. The highest BCUT2D eigenvalue weighted by molar-refractivity contribution is 7.11. The number of aromatic hydroxyl groups is 1. The molecular weight excluding hydrogens is 378 g/mol. The fraction of sp³-hybridized carbons (Fsp3) is 0.150. The monoisotopic (exact) mass is 395 g/mol. The van der Waals surface area contributed by atoms with E-state index in [2.05, 4.69) is 15.3 Å². The molecule has 2 heterocycles. The van der Waals surface area contributed by atoms with Gasteiger partial charge in [-0.1, -0.05) is 24.3 Å². The second-order valence-corrected chi connectivity index (χ2v) is 7.24. The van der Waals surface area contributed by atoms with E-state index >= 15 is 0 Å². The molecule has 8 heteroatoms. The van der Waals surface area contributed by atoms with Crippen molar-refractivity contribution in [3.8, 4) is 10.8 Å². The van der Waals surface area contributed by atoms with E-state index in [0.717, 1.165) is 17.0 Å². The number of methoxy groups -OCH3 is 1. The lowest BCUT2D eigenvalue weighted by atomic mass is 9.98. The van der Waals surface area contributed by atoms with Crippen LogP contribution in [-0.2, 0) is 0 Å². The maximum atomic E-state index is 12.4. The van der Waals surface area contributed by atoms with Crippen molar-refractivity contribution >= 4 is 28.4 Å². The lowest BCUT2D eigenvalue weighted by Crippen LogP contribution is -2.25. The molecule has 0 fully saturated rings. The van der Waals surface area contributed by atoms with Gasteiger partial charge in [0.05, 0.1) is 30.2 Å². The summed E-state index contributed by atoms with van der Waals surface area (Å²) >= 11 is 0.583. The summed E-state index contributed by atoms with van der Waals surface area (Å²) in [7, 11) is 1.61. The first-order valence-corrected chi connectivity index (χ1v) is 9.40. The Balaban J connectivity index is 1.84. The van der Waals surface area contributed by atoms with Crippen LogP contribution in [0.25, 0.3) is 0 Å². The Bertz CT molecular complexity index is 1170. The topological polar surface area (TPSA) is 104 Å².